The third kappa shape index (κ3) is 3.59. The molecule has 6 heterocycles. The number of nitriles is 1. The molecule has 0 spiro atoms. The van der Waals surface area contributed by atoms with E-state index in [4.69, 9.17) is 10.2 Å². The maximum atomic E-state index is 9.13. The maximum absolute atomic E-state index is 9.13. The van der Waals surface area contributed by atoms with Crippen LogP contribution in [0.5, 0.6) is 0 Å². The third-order valence-electron chi connectivity index (χ3n) is 6.29. The molecule has 2 atom stereocenters. The van der Waals surface area contributed by atoms with Gasteiger partial charge in [0.15, 0.2) is 5.01 Å². The molecule has 0 amide bonds. The predicted octanol–water partition coefficient (Wildman–Crippen LogP) is 3.16. The first-order valence-corrected chi connectivity index (χ1v) is 12.0. The molecule has 2 unspecified atom stereocenters. The molecular formula is C23H23N9S. The molecule has 9 nitrogen and oxygen atoms in total. The van der Waals surface area contributed by atoms with Gasteiger partial charge in [-0.25, -0.2) is 4.52 Å². The first-order valence-electron chi connectivity index (χ1n) is 11.2. The van der Waals surface area contributed by atoms with E-state index in [1.54, 1.807) is 22.0 Å². The molecule has 2 aliphatic heterocycles. The van der Waals surface area contributed by atoms with Crippen molar-refractivity contribution in [3.8, 4) is 28.0 Å². The Morgan fingerprint density at radius 2 is 2.03 bits per heavy atom. The van der Waals surface area contributed by atoms with Crippen molar-refractivity contribution in [1.29, 1.82) is 5.26 Å². The normalized spacial score (nSPS) is 19.7. The highest BCUT2D eigenvalue weighted by atomic mass is 32.1. The summed E-state index contributed by atoms with van der Waals surface area (Å²) in [6.45, 7) is 4.83. The zero-order valence-corrected chi connectivity index (χ0v) is 19.0. The van der Waals surface area contributed by atoms with Gasteiger partial charge < -0.3 is 15.5 Å². The molecule has 6 rings (SSSR count). The van der Waals surface area contributed by atoms with Crippen LogP contribution in [0, 0.1) is 11.3 Å². The molecule has 0 radical (unpaired) electrons. The molecule has 2 N–H and O–H groups in total. The van der Waals surface area contributed by atoms with E-state index < -0.39 is 0 Å². The number of hydrogen-bond acceptors (Lipinski definition) is 9. The van der Waals surface area contributed by atoms with Crippen molar-refractivity contribution in [3.05, 3.63) is 42.2 Å². The third-order valence-corrected chi connectivity index (χ3v) is 7.31. The van der Waals surface area contributed by atoms with Crippen LogP contribution in [-0.4, -0.2) is 56.5 Å². The van der Waals surface area contributed by atoms with Gasteiger partial charge in [-0.15, -0.1) is 10.2 Å². The number of hydrogen-bond donors (Lipinski definition) is 2. The van der Waals surface area contributed by atoms with Gasteiger partial charge in [0.1, 0.15) is 6.07 Å². The van der Waals surface area contributed by atoms with E-state index in [-0.39, 0.29) is 0 Å². The Balaban J connectivity index is 1.34. The molecule has 2 fully saturated rings. The van der Waals surface area contributed by atoms with Crippen molar-refractivity contribution in [2.24, 2.45) is 0 Å². The van der Waals surface area contributed by atoms with Gasteiger partial charge in [-0.2, -0.15) is 10.4 Å². The first-order chi connectivity index (χ1) is 16.2. The first kappa shape index (κ1) is 20.1. The molecule has 4 aromatic heterocycles. The predicted molar refractivity (Wildman–Crippen MR) is 128 cm³/mol. The standard InChI is InChI=1S/C23H23N9S/c1-2-25-19-8-20(21-6-5-17-7-14(9-24)10-27-32(17)21)26-11-18(19)22-29-30-23(33-22)31-12-15-3-4-16(13-31)28-15/h5-8,10-11,15-16,28H,2-4,12-13H2,1H3,(H,25,26). The quantitative estimate of drug-likeness (QED) is 0.471. The Kier molecular flexibility index (Phi) is 4.93. The van der Waals surface area contributed by atoms with E-state index in [0.717, 1.165) is 57.9 Å². The summed E-state index contributed by atoms with van der Waals surface area (Å²) in [7, 11) is 0. The average Bonchev–Trinajstić information content (AvgIpc) is 3.57. The zero-order valence-electron chi connectivity index (χ0n) is 18.2. The van der Waals surface area contributed by atoms with Crippen molar-refractivity contribution in [2.75, 3.05) is 29.9 Å². The number of aromatic nitrogens is 5. The highest BCUT2D eigenvalue weighted by Crippen LogP contribution is 2.36. The minimum Gasteiger partial charge on any atom is -0.385 e. The van der Waals surface area contributed by atoms with Gasteiger partial charge in [0.2, 0.25) is 5.13 Å². The fourth-order valence-corrected chi connectivity index (χ4v) is 5.65. The smallest absolute Gasteiger partial charge is 0.208 e. The average molecular weight is 458 g/mol. The number of piperazine rings is 1. The Morgan fingerprint density at radius 3 is 2.82 bits per heavy atom. The molecule has 10 heteroatoms. The lowest BCUT2D eigenvalue weighted by atomic mass is 10.2. The van der Waals surface area contributed by atoms with E-state index in [1.165, 1.54) is 12.8 Å². The van der Waals surface area contributed by atoms with Crippen molar-refractivity contribution >= 4 is 27.7 Å². The van der Waals surface area contributed by atoms with Gasteiger partial charge in [-0.05, 0) is 44.0 Å². The number of nitrogens with zero attached hydrogens (tertiary/aromatic N) is 7. The molecule has 4 aromatic rings. The van der Waals surface area contributed by atoms with E-state index in [2.05, 4.69) is 43.8 Å². The van der Waals surface area contributed by atoms with Crippen LogP contribution in [0.25, 0.3) is 27.5 Å². The van der Waals surface area contributed by atoms with Crippen LogP contribution in [0.2, 0.25) is 0 Å². The zero-order chi connectivity index (χ0) is 22.4. The van der Waals surface area contributed by atoms with Crippen molar-refractivity contribution in [2.45, 2.75) is 31.8 Å². The summed E-state index contributed by atoms with van der Waals surface area (Å²) in [4.78, 5) is 7.10. The lowest BCUT2D eigenvalue weighted by Gasteiger charge is -2.32. The van der Waals surface area contributed by atoms with Crippen LogP contribution in [0.3, 0.4) is 0 Å². The van der Waals surface area contributed by atoms with Gasteiger partial charge in [0.05, 0.1) is 34.2 Å². The number of pyridine rings is 1. The second-order valence-electron chi connectivity index (χ2n) is 8.49. The lowest BCUT2D eigenvalue weighted by molar-refractivity contribution is 0.465. The monoisotopic (exact) mass is 457 g/mol. The van der Waals surface area contributed by atoms with Crippen molar-refractivity contribution < 1.29 is 0 Å². The highest BCUT2D eigenvalue weighted by Gasteiger charge is 2.33. The van der Waals surface area contributed by atoms with E-state index in [9.17, 15) is 0 Å². The minimum absolute atomic E-state index is 0.536. The van der Waals surface area contributed by atoms with Gasteiger partial charge in [-0.1, -0.05) is 11.3 Å². The molecule has 166 valence electrons. The Hall–Kier alpha value is -3.55. The summed E-state index contributed by atoms with van der Waals surface area (Å²) in [5, 5.41) is 31.5. The molecule has 0 saturated carbocycles. The van der Waals surface area contributed by atoms with Gasteiger partial charge in [-0.3, -0.25) is 4.98 Å². The fraction of sp³-hybridized carbons (Fsp3) is 0.348. The van der Waals surface area contributed by atoms with E-state index in [1.807, 2.05) is 30.5 Å². The van der Waals surface area contributed by atoms with Crippen molar-refractivity contribution in [3.63, 3.8) is 0 Å². The molecule has 0 aromatic carbocycles. The van der Waals surface area contributed by atoms with Crippen LogP contribution >= 0.6 is 11.3 Å². The second kappa shape index (κ2) is 8.10. The summed E-state index contributed by atoms with van der Waals surface area (Å²) < 4.78 is 1.81. The van der Waals surface area contributed by atoms with Crippen LogP contribution < -0.4 is 15.5 Å². The van der Waals surface area contributed by atoms with Crippen LogP contribution in [0.4, 0.5) is 10.8 Å². The highest BCUT2D eigenvalue weighted by molar-refractivity contribution is 7.18. The molecule has 2 bridgehead atoms. The topological polar surface area (TPSA) is 107 Å². The Labute approximate surface area is 195 Å². The summed E-state index contributed by atoms with van der Waals surface area (Å²) in [5.41, 5.74) is 4.98. The Morgan fingerprint density at radius 1 is 1.18 bits per heavy atom. The minimum atomic E-state index is 0.536. The number of nitrogens with one attached hydrogen (secondary N) is 2. The Bertz CT molecular complexity index is 1360. The summed E-state index contributed by atoms with van der Waals surface area (Å²) in [6, 6.07) is 11.0. The summed E-state index contributed by atoms with van der Waals surface area (Å²) >= 11 is 1.62. The molecule has 2 aliphatic rings. The largest absolute Gasteiger partial charge is 0.385 e. The lowest BCUT2D eigenvalue weighted by Crippen LogP contribution is -2.51. The van der Waals surface area contributed by atoms with Crippen LogP contribution in [0.1, 0.15) is 25.3 Å². The van der Waals surface area contributed by atoms with Gasteiger partial charge in [0.25, 0.3) is 0 Å². The maximum Gasteiger partial charge on any atom is 0.208 e. The number of anilines is 2. The fourth-order valence-electron chi connectivity index (χ4n) is 4.76. The number of rotatable bonds is 5. The van der Waals surface area contributed by atoms with Crippen molar-refractivity contribution in [1.82, 2.24) is 30.1 Å². The second-order valence-corrected chi connectivity index (χ2v) is 9.45. The molecule has 0 aliphatic carbocycles. The summed E-state index contributed by atoms with van der Waals surface area (Å²) in [5.74, 6) is 0. The van der Waals surface area contributed by atoms with Gasteiger partial charge >= 0.3 is 0 Å². The van der Waals surface area contributed by atoms with E-state index >= 15 is 0 Å². The molecule has 33 heavy (non-hydrogen) atoms. The molecular weight excluding hydrogens is 434 g/mol. The van der Waals surface area contributed by atoms with Crippen LogP contribution in [0.15, 0.2) is 36.7 Å². The number of fused-ring (bicyclic) bond motifs is 3. The molecule has 2 saturated heterocycles. The van der Waals surface area contributed by atoms with Gasteiger partial charge in [0, 0.05) is 43.6 Å². The summed E-state index contributed by atoms with van der Waals surface area (Å²) in [6.07, 6.45) is 5.91. The van der Waals surface area contributed by atoms with Crippen LogP contribution in [-0.2, 0) is 0 Å². The SMILES string of the molecule is CCNc1cc(-c2ccc3cc(C#N)cnn23)ncc1-c1nnc(N2CC3CCC(C2)N3)s1. The van der Waals surface area contributed by atoms with E-state index in [0.29, 0.717) is 17.6 Å².